The molecule has 4 heteroatoms. The molecular weight excluding hydrogens is 216 g/mol. The Bertz CT molecular complexity index is 561. The average molecular weight is 230 g/mol. The molecule has 3 rings (SSSR count). The largest absolute Gasteiger partial charge is 0.493 e. The van der Waals surface area contributed by atoms with Gasteiger partial charge in [-0.15, -0.1) is 0 Å². The van der Waals surface area contributed by atoms with Gasteiger partial charge in [-0.25, -0.2) is 0 Å². The van der Waals surface area contributed by atoms with Crippen molar-refractivity contribution in [2.45, 2.75) is 19.8 Å². The molecule has 0 unspecified atom stereocenters. The molecule has 0 atom stereocenters. The molecule has 0 radical (unpaired) electrons. The third kappa shape index (κ3) is 1.56. The van der Waals surface area contributed by atoms with E-state index < -0.39 is 0 Å². The van der Waals surface area contributed by atoms with Gasteiger partial charge in [-0.1, -0.05) is 12.1 Å². The first kappa shape index (κ1) is 10.2. The van der Waals surface area contributed by atoms with Crippen LogP contribution in [0.15, 0.2) is 22.7 Å². The molecule has 0 saturated carbocycles. The lowest BCUT2D eigenvalue weighted by atomic mass is 10.0. The number of rotatable bonds is 2. The summed E-state index contributed by atoms with van der Waals surface area (Å²) < 4.78 is 10.5. The highest BCUT2D eigenvalue weighted by atomic mass is 16.5. The molecule has 1 aliphatic rings. The van der Waals surface area contributed by atoms with Crippen LogP contribution in [-0.4, -0.2) is 11.8 Å². The van der Waals surface area contributed by atoms with Gasteiger partial charge in [0.25, 0.3) is 0 Å². The number of fused-ring (bicyclic) bond motifs is 1. The number of nitrogens with zero attached hydrogens (tertiary/aromatic N) is 1. The topological polar surface area (TPSA) is 61.3 Å². The molecule has 88 valence electrons. The minimum absolute atomic E-state index is 0.416. The standard InChI is InChI=1S/C13H14N2O2/c1-2-10-12(15-17-13(10)14)9-3-4-11-8(7-9)5-6-16-11/h3-4,7H,2,5-6,14H2,1H3. The van der Waals surface area contributed by atoms with Crippen LogP contribution in [0, 0.1) is 0 Å². The first-order chi connectivity index (χ1) is 8.29. The van der Waals surface area contributed by atoms with Crippen molar-refractivity contribution in [3.05, 3.63) is 29.3 Å². The van der Waals surface area contributed by atoms with E-state index in [1.54, 1.807) is 0 Å². The van der Waals surface area contributed by atoms with Gasteiger partial charge >= 0.3 is 0 Å². The SMILES string of the molecule is CCc1c(-c2ccc3c(c2)CCO3)noc1N. The van der Waals surface area contributed by atoms with Crippen molar-refractivity contribution in [2.24, 2.45) is 0 Å². The first-order valence-corrected chi connectivity index (χ1v) is 5.79. The summed E-state index contributed by atoms with van der Waals surface area (Å²) in [5, 5.41) is 4.04. The molecule has 0 spiro atoms. The second-order valence-electron chi connectivity index (χ2n) is 4.15. The summed E-state index contributed by atoms with van der Waals surface area (Å²) in [4.78, 5) is 0. The highest BCUT2D eigenvalue weighted by Gasteiger charge is 2.17. The monoisotopic (exact) mass is 230 g/mol. The lowest BCUT2D eigenvalue weighted by molar-refractivity contribution is 0.357. The quantitative estimate of drug-likeness (QED) is 0.860. The second-order valence-corrected chi connectivity index (χ2v) is 4.15. The van der Waals surface area contributed by atoms with Gasteiger partial charge in [0.1, 0.15) is 11.4 Å². The summed E-state index contributed by atoms with van der Waals surface area (Å²) >= 11 is 0. The minimum Gasteiger partial charge on any atom is -0.493 e. The molecule has 1 aromatic carbocycles. The van der Waals surface area contributed by atoms with E-state index in [9.17, 15) is 0 Å². The van der Waals surface area contributed by atoms with E-state index in [-0.39, 0.29) is 0 Å². The molecule has 2 heterocycles. The van der Waals surface area contributed by atoms with Crippen molar-refractivity contribution in [1.82, 2.24) is 5.16 Å². The van der Waals surface area contributed by atoms with E-state index in [1.807, 2.05) is 19.1 Å². The Balaban J connectivity index is 2.09. The van der Waals surface area contributed by atoms with E-state index in [4.69, 9.17) is 15.0 Å². The van der Waals surface area contributed by atoms with Crippen molar-refractivity contribution in [3.63, 3.8) is 0 Å². The summed E-state index contributed by atoms with van der Waals surface area (Å²) in [7, 11) is 0. The van der Waals surface area contributed by atoms with Crippen LogP contribution in [0.5, 0.6) is 5.75 Å². The second kappa shape index (κ2) is 3.80. The Morgan fingerprint density at radius 3 is 3.12 bits per heavy atom. The van der Waals surface area contributed by atoms with Gasteiger partial charge in [0.2, 0.25) is 5.88 Å². The van der Waals surface area contributed by atoms with E-state index in [2.05, 4.69) is 11.2 Å². The van der Waals surface area contributed by atoms with Crippen molar-refractivity contribution >= 4 is 5.88 Å². The summed E-state index contributed by atoms with van der Waals surface area (Å²) in [6.45, 7) is 2.81. The molecule has 0 bridgehead atoms. The van der Waals surface area contributed by atoms with Gasteiger partial charge in [0.05, 0.1) is 6.61 Å². The number of hydrogen-bond donors (Lipinski definition) is 1. The van der Waals surface area contributed by atoms with Crippen molar-refractivity contribution in [3.8, 4) is 17.0 Å². The van der Waals surface area contributed by atoms with Crippen LogP contribution in [0.4, 0.5) is 5.88 Å². The zero-order chi connectivity index (χ0) is 11.8. The predicted molar refractivity (Wildman–Crippen MR) is 64.9 cm³/mol. The molecule has 4 nitrogen and oxygen atoms in total. The minimum atomic E-state index is 0.416. The molecule has 0 fully saturated rings. The Labute approximate surface area is 99.4 Å². The molecule has 17 heavy (non-hydrogen) atoms. The smallest absolute Gasteiger partial charge is 0.225 e. The van der Waals surface area contributed by atoms with Gasteiger partial charge < -0.3 is 15.0 Å². The van der Waals surface area contributed by atoms with Gasteiger partial charge in [-0.05, 0) is 30.2 Å². The molecule has 1 aromatic heterocycles. The van der Waals surface area contributed by atoms with Crippen LogP contribution < -0.4 is 10.5 Å². The van der Waals surface area contributed by atoms with Crippen LogP contribution in [0.3, 0.4) is 0 Å². The van der Waals surface area contributed by atoms with Crippen LogP contribution in [-0.2, 0) is 12.8 Å². The number of nitrogens with two attached hydrogens (primary N) is 1. The van der Waals surface area contributed by atoms with Crippen LogP contribution in [0.2, 0.25) is 0 Å². The van der Waals surface area contributed by atoms with Gasteiger partial charge in [-0.3, -0.25) is 0 Å². The molecule has 0 aliphatic carbocycles. The molecule has 0 amide bonds. The lowest BCUT2D eigenvalue weighted by Crippen LogP contribution is -1.90. The number of ether oxygens (including phenoxy) is 1. The maximum Gasteiger partial charge on any atom is 0.225 e. The molecule has 1 aliphatic heterocycles. The summed E-state index contributed by atoms with van der Waals surface area (Å²) in [6.07, 6.45) is 1.77. The van der Waals surface area contributed by atoms with Gasteiger partial charge in [0.15, 0.2) is 0 Å². The predicted octanol–water partition coefficient (Wildman–Crippen LogP) is 2.42. The highest BCUT2D eigenvalue weighted by Crippen LogP contribution is 2.33. The van der Waals surface area contributed by atoms with Crippen molar-refractivity contribution in [2.75, 3.05) is 12.3 Å². The zero-order valence-corrected chi connectivity index (χ0v) is 9.69. The van der Waals surface area contributed by atoms with Crippen LogP contribution in [0.1, 0.15) is 18.1 Å². The fourth-order valence-electron chi connectivity index (χ4n) is 2.22. The molecular formula is C13H14N2O2. The number of anilines is 1. The third-order valence-corrected chi connectivity index (χ3v) is 3.13. The highest BCUT2D eigenvalue weighted by molar-refractivity contribution is 5.68. The summed E-state index contributed by atoms with van der Waals surface area (Å²) in [5.74, 6) is 1.39. The Morgan fingerprint density at radius 1 is 1.41 bits per heavy atom. The van der Waals surface area contributed by atoms with E-state index >= 15 is 0 Å². The molecule has 2 N–H and O–H groups in total. The van der Waals surface area contributed by atoms with Crippen molar-refractivity contribution in [1.29, 1.82) is 0 Å². The van der Waals surface area contributed by atoms with Crippen molar-refractivity contribution < 1.29 is 9.26 Å². The van der Waals surface area contributed by atoms with E-state index in [1.165, 1.54) is 5.56 Å². The fourth-order valence-corrected chi connectivity index (χ4v) is 2.22. The molecule has 0 saturated heterocycles. The number of hydrogen-bond acceptors (Lipinski definition) is 4. The summed E-state index contributed by atoms with van der Waals surface area (Å²) in [6, 6.07) is 6.10. The zero-order valence-electron chi connectivity index (χ0n) is 9.69. The number of benzene rings is 1. The fraction of sp³-hybridized carbons (Fsp3) is 0.308. The average Bonchev–Trinajstić information content (AvgIpc) is 2.93. The Morgan fingerprint density at radius 2 is 2.29 bits per heavy atom. The Kier molecular flexibility index (Phi) is 2.28. The maximum absolute atomic E-state index is 5.75. The normalized spacial score (nSPS) is 13.5. The first-order valence-electron chi connectivity index (χ1n) is 5.79. The van der Waals surface area contributed by atoms with E-state index in [0.717, 1.165) is 42.0 Å². The van der Waals surface area contributed by atoms with E-state index in [0.29, 0.717) is 5.88 Å². The van der Waals surface area contributed by atoms with Crippen LogP contribution in [0.25, 0.3) is 11.3 Å². The Hall–Kier alpha value is -1.97. The number of aromatic nitrogens is 1. The maximum atomic E-state index is 5.75. The van der Waals surface area contributed by atoms with Gasteiger partial charge in [-0.2, -0.15) is 0 Å². The van der Waals surface area contributed by atoms with Crippen LogP contribution >= 0.6 is 0 Å². The number of nitrogen functional groups attached to an aromatic ring is 1. The third-order valence-electron chi connectivity index (χ3n) is 3.13. The lowest BCUT2D eigenvalue weighted by Gasteiger charge is -2.02. The summed E-state index contributed by atoms with van der Waals surface area (Å²) in [5.41, 5.74) is 9.85. The molecule has 2 aromatic rings. The van der Waals surface area contributed by atoms with Gasteiger partial charge in [0, 0.05) is 17.5 Å².